The quantitative estimate of drug-likeness (QED) is 0.787. The molecule has 6 heteroatoms. The molecule has 1 heterocycles. The van der Waals surface area contributed by atoms with E-state index in [0.717, 1.165) is 28.4 Å². The lowest BCUT2D eigenvalue weighted by molar-refractivity contribution is 0.687. The van der Waals surface area contributed by atoms with Crippen molar-refractivity contribution in [3.8, 4) is 5.69 Å². The number of hydrogen-bond donors (Lipinski definition) is 1. The Labute approximate surface area is 131 Å². The predicted octanol–water partition coefficient (Wildman–Crippen LogP) is 2.62. The molecule has 0 unspecified atom stereocenters. The van der Waals surface area contributed by atoms with E-state index >= 15 is 0 Å². The maximum atomic E-state index is 11.3. The number of rotatable bonds is 5. The van der Waals surface area contributed by atoms with Crippen LogP contribution in [0.1, 0.15) is 5.56 Å². The van der Waals surface area contributed by atoms with Gasteiger partial charge in [0.15, 0.2) is 0 Å². The normalized spacial score (nSPS) is 12.0. The van der Waals surface area contributed by atoms with Crippen LogP contribution in [0, 0.1) is 0 Å². The van der Waals surface area contributed by atoms with Gasteiger partial charge in [-0.1, -0.05) is 12.1 Å². The van der Waals surface area contributed by atoms with Crippen LogP contribution < -0.4 is 5.32 Å². The molecular formula is C16H16N4OS. The Morgan fingerprint density at radius 2 is 1.82 bits per heavy atom. The van der Waals surface area contributed by atoms with Crippen LogP contribution in [0.2, 0.25) is 0 Å². The number of aromatic nitrogens is 3. The maximum absolute atomic E-state index is 11.3. The highest BCUT2D eigenvalue weighted by atomic mass is 32.2. The molecule has 0 saturated heterocycles. The molecule has 0 aliphatic carbocycles. The Hall–Kier alpha value is -2.47. The summed E-state index contributed by atoms with van der Waals surface area (Å²) in [6.07, 6.45) is 4.87. The van der Waals surface area contributed by atoms with Gasteiger partial charge in [-0.25, -0.2) is 9.67 Å². The standard InChI is InChI=1S/C16H16N4OS/c1-22(21)16-8-2-13(3-9-16)10-18-14-4-6-15(7-5-14)20-12-17-11-19-20/h2-9,11-12,18H,10H2,1H3/t22-/m0/s1. The highest BCUT2D eigenvalue weighted by Crippen LogP contribution is 2.14. The Kier molecular flexibility index (Phi) is 4.29. The zero-order chi connectivity index (χ0) is 15.4. The van der Waals surface area contributed by atoms with Crippen molar-refractivity contribution in [1.29, 1.82) is 0 Å². The summed E-state index contributed by atoms with van der Waals surface area (Å²) >= 11 is 0. The number of benzene rings is 2. The van der Waals surface area contributed by atoms with E-state index in [1.807, 2.05) is 48.5 Å². The summed E-state index contributed by atoms with van der Waals surface area (Å²) in [5.74, 6) is 0. The van der Waals surface area contributed by atoms with E-state index in [0.29, 0.717) is 0 Å². The van der Waals surface area contributed by atoms with Gasteiger partial charge < -0.3 is 5.32 Å². The van der Waals surface area contributed by atoms with Gasteiger partial charge in [-0.05, 0) is 42.0 Å². The van der Waals surface area contributed by atoms with Crippen molar-refractivity contribution in [2.75, 3.05) is 11.6 Å². The predicted molar refractivity (Wildman–Crippen MR) is 87.5 cm³/mol. The van der Waals surface area contributed by atoms with Crippen molar-refractivity contribution >= 4 is 16.5 Å². The fourth-order valence-electron chi connectivity index (χ4n) is 2.08. The Balaban J connectivity index is 1.63. The summed E-state index contributed by atoms with van der Waals surface area (Å²) in [7, 11) is -0.928. The molecule has 5 nitrogen and oxygen atoms in total. The van der Waals surface area contributed by atoms with Crippen LogP contribution in [0.25, 0.3) is 5.69 Å². The largest absolute Gasteiger partial charge is 0.381 e. The summed E-state index contributed by atoms with van der Waals surface area (Å²) < 4.78 is 13.1. The first kappa shape index (κ1) is 14.5. The highest BCUT2D eigenvalue weighted by Gasteiger charge is 2.00. The Bertz CT molecular complexity index is 752. The van der Waals surface area contributed by atoms with Crippen molar-refractivity contribution < 1.29 is 4.21 Å². The average Bonchev–Trinajstić information content (AvgIpc) is 3.08. The second kappa shape index (κ2) is 6.53. The van der Waals surface area contributed by atoms with Crippen LogP contribution in [-0.2, 0) is 17.3 Å². The molecule has 3 aromatic rings. The zero-order valence-electron chi connectivity index (χ0n) is 12.1. The molecule has 0 aliphatic heterocycles. The maximum Gasteiger partial charge on any atom is 0.138 e. The molecule has 0 radical (unpaired) electrons. The molecule has 22 heavy (non-hydrogen) atoms. The van der Waals surface area contributed by atoms with Crippen molar-refractivity contribution in [2.24, 2.45) is 0 Å². The van der Waals surface area contributed by atoms with Gasteiger partial charge in [-0.3, -0.25) is 4.21 Å². The molecule has 0 fully saturated rings. The molecule has 0 aliphatic rings. The van der Waals surface area contributed by atoms with Gasteiger partial charge in [0.1, 0.15) is 12.7 Å². The lowest BCUT2D eigenvalue weighted by Crippen LogP contribution is -2.00. The lowest BCUT2D eigenvalue weighted by Gasteiger charge is -2.08. The Morgan fingerprint density at radius 1 is 1.09 bits per heavy atom. The van der Waals surface area contributed by atoms with Crippen LogP contribution in [0.4, 0.5) is 5.69 Å². The topological polar surface area (TPSA) is 59.8 Å². The molecule has 112 valence electrons. The summed E-state index contributed by atoms with van der Waals surface area (Å²) in [5, 5.41) is 7.45. The molecule has 3 rings (SSSR count). The van der Waals surface area contributed by atoms with Gasteiger partial charge in [-0.2, -0.15) is 5.10 Å². The van der Waals surface area contributed by atoms with Gasteiger partial charge in [-0.15, -0.1) is 0 Å². The molecule has 0 spiro atoms. The van der Waals surface area contributed by atoms with E-state index in [2.05, 4.69) is 15.4 Å². The third-order valence-electron chi connectivity index (χ3n) is 3.30. The second-order valence-electron chi connectivity index (χ2n) is 4.84. The molecule has 1 N–H and O–H groups in total. The molecule has 1 atom stereocenters. The van der Waals surface area contributed by atoms with Crippen LogP contribution in [-0.4, -0.2) is 25.2 Å². The van der Waals surface area contributed by atoms with E-state index in [1.165, 1.54) is 6.33 Å². The first-order chi connectivity index (χ1) is 10.7. The van der Waals surface area contributed by atoms with Gasteiger partial charge in [0, 0.05) is 34.2 Å². The van der Waals surface area contributed by atoms with Crippen molar-refractivity contribution in [1.82, 2.24) is 14.8 Å². The molecule has 2 aromatic carbocycles. The Morgan fingerprint density at radius 3 is 2.41 bits per heavy atom. The molecule has 0 amide bonds. The van der Waals surface area contributed by atoms with Crippen molar-refractivity contribution in [2.45, 2.75) is 11.4 Å². The zero-order valence-corrected chi connectivity index (χ0v) is 13.0. The van der Waals surface area contributed by atoms with E-state index in [-0.39, 0.29) is 0 Å². The fourth-order valence-corrected chi connectivity index (χ4v) is 2.60. The second-order valence-corrected chi connectivity index (χ2v) is 6.22. The molecule has 0 saturated carbocycles. The highest BCUT2D eigenvalue weighted by molar-refractivity contribution is 7.84. The summed E-state index contributed by atoms with van der Waals surface area (Å²) in [5.41, 5.74) is 3.15. The van der Waals surface area contributed by atoms with E-state index in [1.54, 1.807) is 17.3 Å². The molecule has 0 bridgehead atoms. The van der Waals surface area contributed by atoms with E-state index < -0.39 is 10.8 Å². The van der Waals surface area contributed by atoms with Gasteiger partial charge in [0.2, 0.25) is 0 Å². The first-order valence-electron chi connectivity index (χ1n) is 6.84. The van der Waals surface area contributed by atoms with Crippen LogP contribution in [0.3, 0.4) is 0 Å². The average molecular weight is 312 g/mol. The molecular weight excluding hydrogens is 296 g/mol. The monoisotopic (exact) mass is 312 g/mol. The fraction of sp³-hybridized carbons (Fsp3) is 0.125. The minimum absolute atomic E-state index is 0.722. The van der Waals surface area contributed by atoms with Crippen LogP contribution in [0.5, 0.6) is 0 Å². The lowest BCUT2D eigenvalue weighted by atomic mass is 10.2. The third-order valence-corrected chi connectivity index (χ3v) is 4.24. The van der Waals surface area contributed by atoms with E-state index in [4.69, 9.17) is 0 Å². The minimum atomic E-state index is -0.928. The smallest absolute Gasteiger partial charge is 0.138 e. The number of anilines is 1. The minimum Gasteiger partial charge on any atom is -0.381 e. The summed E-state index contributed by atoms with van der Waals surface area (Å²) in [4.78, 5) is 4.78. The summed E-state index contributed by atoms with van der Waals surface area (Å²) in [6.45, 7) is 0.722. The van der Waals surface area contributed by atoms with E-state index in [9.17, 15) is 4.21 Å². The van der Waals surface area contributed by atoms with Crippen LogP contribution >= 0.6 is 0 Å². The number of nitrogens with zero attached hydrogens (tertiary/aromatic N) is 3. The third kappa shape index (κ3) is 3.40. The van der Waals surface area contributed by atoms with Crippen molar-refractivity contribution in [3.05, 3.63) is 66.7 Å². The van der Waals surface area contributed by atoms with Gasteiger partial charge in [0.05, 0.1) is 5.69 Å². The SMILES string of the molecule is C[S@](=O)c1ccc(CNc2ccc(-n3cncn3)cc2)cc1. The molecule has 1 aromatic heterocycles. The van der Waals surface area contributed by atoms with Gasteiger partial charge in [0.25, 0.3) is 0 Å². The number of hydrogen-bond acceptors (Lipinski definition) is 4. The van der Waals surface area contributed by atoms with Crippen molar-refractivity contribution in [3.63, 3.8) is 0 Å². The summed E-state index contributed by atoms with van der Waals surface area (Å²) in [6, 6.07) is 15.8. The first-order valence-corrected chi connectivity index (χ1v) is 8.39. The van der Waals surface area contributed by atoms with Crippen LogP contribution in [0.15, 0.2) is 66.1 Å². The number of nitrogens with one attached hydrogen (secondary N) is 1. The van der Waals surface area contributed by atoms with Gasteiger partial charge >= 0.3 is 0 Å².